The molecule has 0 saturated heterocycles. The number of sulfone groups is 1. The lowest BCUT2D eigenvalue weighted by Crippen LogP contribution is -2.08. The first-order chi connectivity index (χ1) is 12.0. The molecule has 0 aliphatic rings. The summed E-state index contributed by atoms with van der Waals surface area (Å²) < 4.78 is 29.2. The molecule has 2 aromatic rings. The second-order valence-corrected chi connectivity index (χ2v) is 7.67. The van der Waals surface area contributed by atoms with Crippen molar-refractivity contribution in [1.29, 1.82) is 5.26 Å². The number of carbonyl (C=O) groups excluding carboxylic acids is 1. The molecule has 0 N–H and O–H groups in total. The average Bonchev–Trinajstić information content (AvgIpc) is 2.65. The third-order valence-electron chi connectivity index (χ3n) is 3.83. The van der Waals surface area contributed by atoms with E-state index in [4.69, 9.17) is 5.26 Å². The fourth-order valence-electron chi connectivity index (χ4n) is 2.37. The van der Waals surface area contributed by atoms with Crippen LogP contribution >= 0.6 is 0 Å². The van der Waals surface area contributed by atoms with E-state index in [0.29, 0.717) is 18.4 Å². The lowest BCUT2D eigenvalue weighted by molar-refractivity contribution is -0.140. The number of methoxy groups -OCH3 is 1. The van der Waals surface area contributed by atoms with Gasteiger partial charge in [-0.05, 0) is 48.2 Å². The number of benzene rings is 2. The van der Waals surface area contributed by atoms with Gasteiger partial charge in [-0.25, -0.2) is 8.42 Å². The number of rotatable bonds is 7. The van der Waals surface area contributed by atoms with Crippen molar-refractivity contribution in [2.24, 2.45) is 0 Å². The molecular weight excluding hydrogens is 338 g/mol. The first-order valence-electron chi connectivity index (χ1n) is 7.86. The molecule has 130 valence electrons. The van der Waals surface area contributed by atoms with Crippen molar-refractivity contribution in [2.45, 2.75) is 24.2 Å². The Bertz CT molecular complexity index is 863. The van der Waals surface area contributed by atoms with Crippen LogP contribution in [0.2, 0.25) is 0 Å². The molecule has 6 heteroatoms. The largest absolute Gasteiger partial charge is 0.469 e. The van der Waals surface area contributed by atoms with Gasteiger partial charge in [-0.1, -0.05) is 24.3 Å². The molecule has 0 aliphatic heterocycles. The van der Waals surface area contributed by atoms with Gasteiger partial charge in [0.15, 0.2) is 9.84 Å². The molecule has 25 heavy (non-hydrogen) atoms. The highest BCUT2D eigenvalue weighted by Gasteiger charge is 2.14. The van der Waals surface area contributed by atoms with Crippen LogP contribution in [0.1, 0.15) is 24.8 Å². The predicted octanol–water partition coefficient (Wildman–Crippen LogP) is 3.34. The first kappa shape index (κ1) is 18.7. The molecule has 0 radical (unpaired) electrons. The summed E-state index contributed by atoms with van der Waals surface area (Å²) in [5.41, 5.74) is 2.38. The van der Waals surface area contributed by atoms with Crippen LogP contribution in [-0.4, -0.2) is 27.2 Å². The quantitative estimate of drug-likeness (QED) is 0.560. The van der Waals surface area contributed by atoms with Gasteiger partial charge in [0.05, 0.1) is 29.4 Å². The normalized spacial score (nSPS) is 10.9. The molecule has 0 aromatic heterocycles. The van der Waals surface area contributed by atoms with Gasteiger partial charge in [0.1, 0.15) is 0 Å². The third-order valence-corrected chi connectivity index (χ3v) is 5.65. The number of nitrogens with zero attached hydrogens (tertiary/aromatic N) is 1. The Balaban J connectivity index is 2.02. The number of ether oxygens (including phenoxy) is 1. The highest BCUT2D eigenvalue weighted by molar-refractivity contribution is 7.91. The fraction of sp³-hybridized carbons (Fsp3) is 0.263. The van der Waals surface area contributed by atoms with Crippen molar-refractivity contribution in [2.75, 3.05) is 12.9 Å². The van der Waals surface area contributed by atoms with E-state index >= 15 is 0 Å². The minimum atomic E-state index is -3.37. The van der Waals surface area contributed by atoms with E-state index in [9.17, 15) is 13.2 Å². The van der Waals surface area contributed by atoms with Gasteiger partial charge in [-0.15, -0.1) is 0 Å². The van der Waals surface area contributed by atoms with Crippen LogP contribution in [0.4, 0.5) is 0 Å². The highest BCUT2D eigenvalue weighted by atomic mass is 32.2. The van der Waals surface area contributed by atoms with Gasteiger partial charge in [-0.2, -0.15) is 5.26 Å². The van der Waals surface area contributed by atoms with Crippen LogP contribution in [-0.2, 0) is 19.4 Å². The standard InChI is InChI=1S/C19H19NO4S/c1-24-19(21)4-2-3-13-25(22,23)18-11-9-17(10-12-18)16-7-5-15(14-20)6-8-16/h5-12H,2-4,13H2,1H3. The summed E-state index contributed by atoms with van der Waals surface area (Å²) in [6.45, 7) is 0. The van der Waals surface area contributed by atoms with Gasteiger partial charge in [0.25, 0.3) is 0 Å². The second kappa shape index (κ2) is 8.45. The summed E-state index contributed by atoms with van der Waals surface area (Å²) in [5, 5.41) is 8.82. The molecule has 0 unspecified atom stereocenters. The van der Waals surface area contributed by atoms with Crippen molar-refractivity contribution < 1.29 is 17.9 Å². The number of nitriles is 1. The van der Waals surface area contributed by atoms with Crippen LogP contribution in [0.15, 0.2) is 53.4 Å². The first-order valence-corrected chi connectivity index (χ1v) is 9.51. The smallest absolute Gasteiger partial charge is 0.305 e. The fourth-order valence-corrected chi connectivity index (χ4v) is 3.74. The van der Waals surface area contributed by atoms with Gasteiger partial charge in [-0.3, -0.25) is 4.79 Å². The number of esters is 1. The second-order valence-electron chi connectivity index (χ2n) is 5.57. The summed E-state index contributed by atoms with van der Waals surface area (Å²) in [6.07, 6.45) is 1.12. The Morgan fingerprint density at radius 2 is 1.56 bits per heavy atom. The number of carbonyl (C=O) groups is 1. The van der Waals surface area contributed by atoms with Crippen molar-refractivity contribution in [3.8, 4) is 17.2 Å². The molecule has 0 fully saturated rings. The average molecular weight is 357 g/mol. The number of hydrogen-bond donors (Lipinski definition) is 0. The minimum absolute atomic E-state index is 0.000206. The Labute approximate surface area is 147 Å². The zero-order valence-corrected chi connectivity index (χ0v) is 14.8. The lowest BCUT2D eigenvalue weighted by atomic mass is 10.0. The molecule has 2 rings (SSSR count). The molecule has 0 spiro atoms. The molecule has 0 bridgehead atoms. The topological polar surface area (TPSA) is 84.2 Å². The Morgan fingerprint density at radius 3 is 2.08 bits per heavy atom. The maximum atomic E-state index is 12.3. The van der Waals surface area contributed by atoms with E-state index in [-0.39, 0.29) is 23.0 Å². The molecule has 0 atom stereocenters. The molecule has 2 aromatic carbocycles. The van der Waals surface area contributed by atoms with Gasteiger partial charge in [0, 0.05) is 6.42 Å². The zero-order chi connectivity index (χ0) is 18.3. The third kappa shape index (κ3) is 5.16. The number of hydrogen-bond acceptors (Lipinski definition) is 5. The van der Waals surface area contributed by atoms with E-state index < -0.39 is 9.84 Å². The highest BCUT2D eigenvalue weighted by Crippen LogP contribution is 2.22. The van der Waals surface area contributed by atoms with Crippen LogP contribution in [0.25, 0.3) is 11.1 Å². The van der Waals surface area contributed by atoms with Crippen LogP contribution < -0.4 is 0 Å². The van der Waals surface area contributed by atoms with E-state index in [1.54, 1.807) is 36.4 Å². The summed E-state index contributed by atoms with van der Waals surface area (Å²) in [5.74, 6) is -0.329. The Morgan fingerprint density at radius 1 is 1.00 bits per heavy atom. The number of unbranched alkanes of at least 4 members (excludes halogenated alkanes) is 1. The van der Waals surface area contributed by atoms with E-state index in [1.165, 1.54) is 7.11 Å². The van der Waals surface area contributed by atoms with Crippen molar-refractivity contribution in [1.82, 2.24) is 0 Å². The van der Waals surface area contributed by atoms with Crippen LogP contribution in [0.5, 0.6) is 0 Å². The minimum Gasteiger partial charge on any atom is -0.469 e. The Kier molecular flexibility index (Phi) is 6.31. The molecule has 0 heterocycles. The van der Waals surface area contributed by atoms with Gasteiger partial charge < -0.3 is 4.74 Å². The maximum Gasteiger partial charge on any atom is 0.305 e. The van der Waals surface area contributed by atoms with Crippen LogP contribution in [0, 0.1) is 11.3 Å². The molecular formula is C19H19NO4S. The van der Waals surface area contributed by atoms with E-state index in [1.807, 2.05) is 12.1 Å². The SMILES string of the molecule is COC(=O)CCCCS(=O)(=O)c1ccc(-c2ccc(C#N)cc2)cc1. The van der Waals surface area contributed by atoms with Crippen molar-refractivity contribution in [3.05, 3.63) is 54.1 Å². The van der Waals surface area contributed by atoms with Crippen molar-refractivity contribution in [3.63, 3.8) is 0 Å². The van der Waals surface area contributed by atoms with Gasteiger partial charge in [0.2, 0.25) is 0 Å². The van der Waals surface area contributed by atoms with E-state index in [2.05, 4.69) is 10.8 Å². The molecule has 0 aliphatic carbocycles. The van der Waals surface area contributed by atoms with E-state index in [0.717, 1.165) is 11.1 Å². The Hall–Kier alpha value is -2.65. The molecule has 0 amide bonds. The monoisotopic (exact) mass is 357 g/mol. The van der Waals surface area contributed by atoms with Crippen molar-refractivity contribution >= 4 is 15.8 Å². The summed E-state index contributed by atoms with van der Waals surface area (Å²) in [4.78, 5) is 11.3. The van der Waals surface area contributed by atoms with Crippen LogP contribution in [0.3, 0.4) is 0 Å². The summed E-state index contributed by atoms with van der Waals surface area (Å²) >= 11 is 0. The summed E-state index contributed by atoms with van der Waals surface area (Å²) in [6, 6.07) is 15.8. The molecule has 0 saturated carbocycles. The van der Waals surface area contributed by atoms with Gasteiger partial charge >= 0.3 is 5.97 Å². The zero-order valence-electron chi connectivity index (χ0n) is 13.9. The summed E-state index contributed by atoms with van der Waals surface area (Å²) in [7, 11) is -2.06. The molecule has 5 nitrogen and oxygen atoms in total. The maximum absolute atomic E-state index is 12.3. The predicted molar refractivity (Wildman–Crippen MR) is 94.5 cm³/mol. The lowest BCUT2D eigenvalue weighted by Gasteiger charge is -2.06.